The second-order valence-electron chi connectivity index (χ2n) is 8.90. The van der Waals surface area contributed by atoms with Gasteiger partial charge < -0.3 is 20.1 Å². The van der Waals surface area contributed by atoms with Crippen molar-refractivity contribution in [3.05, 3.63) is 42.2 Å². The Hall–Kier alpha value is -2.59. The number of rotatable bonds is 15. The molecule has 2 rings (SSSR count). The van der Waals surface area contributed by atoms with E-state index in [1.165, 1.54) is 6.08 Å². The number of carbonyl (C=O) groups excluding carboxylic acids is 1. The van der Waals surface area contributed by atoms with Crippen molar-refractivity contribution >= 4 is 17.7 Å². The van der Waals surface area contributed by atoms with Crippen LogP contribution in [0.2, 0.25) is 0 Å². The van der Waals surface area contributed by atoms with E-state index in [0.717, 1.165) is 35.1 Å². The first-order valence-electron chi connectivity index (χ1n) is 11.4. The SMILES string of the molecule is C=CC(=O)NC(C)(C)CC(C)(NCCc1ccc(OCC)c(OC)c1)c1nnnn1CCSC. The fourth-order valence-corrected chi connectivity index (χ4v) is 4.44. The Kier molecular flexibility index (Phi) is 10.4. The molecule has 10 heteroatoms. The number of benzene rings is 1. The number of aryl methyl sites for hydroxylation is 1. The van der Waals surface area contributed by atoms with Gasteiger partial charge >= 0.3 is 0 Å². The van der Waals surface area contributed by atoms with Gasteiger partial charge in [-0.2, -0.15) is 11.8 Å². The molecule has 2 aromatic rings. The highest BCUT2D eigenvalue weighted by Crippen LogP contribution is 2.30. The molecule has 0 spiro atoms. The molecule has 1 heterocycles. The van der Waals surface area contributed by atoms with E-state index >= 15 is 0 Å². The Bertz CT molecular complexity index is 949. The van der Waals surface area contributed by atoms with Gasteiger partial charge in [0, 0.05) is 17.8 Å². The number of tetrazole rings is 1. The molecule has 1 atom stereocenters. The quantitative estimate of drug-likeness (QED) is 0.367. The summed E-state index contributed by atoms with van der Waals surface area (Å²) in [6, 6.07) is 5.98. The summed E-state index contributed by atoms with van der Waals surface area (Å²) in [6.07, 6.45) is 4.69. The van der Waals surface area contributed by atoms with E-state index in [9.17, 15) is 4.79 Å². The first kappa shape index (κ1) is 27.7. The molecule has 188 valence electrons. The lowest BCUT2D eigenvalue weighted by Gasteiger charge is -2.38. The molecule has 0 radical (unpaired) electrons. The van der Waals surface area contributed by atoms with Gasteiger partial charge in [0.05, 0.1) is 25.8 Å². The third kappa shape index (κ3) is 7.73. The van der Waals surface area contributed by atoms with Gasteiger partial charge in [0.1, 0.15) is 0 Å². The van der Waals surface area contributed by atoms with Crippen LogP contribution in [-0.2, 0) is 23.3 Å². The van der Waals surface area contributed by atoms with Crippen molar-refractivity contribution in [3.63, 3.8) is 0 Å². The van der Waals surface area contributed by atoms with E-state index < -0.39 is 11.1 Å². The van der Waals surface area contributed by atoms with E-state index in [4.69, 9.17) is 9.47 Å². The summed E-state index contributed by atoms with van der Waals surface area (Å²) in [7, 11) is 1.64. The number of nitrogens with zero attached hydrogens (tertiary/aromatic N) is 4. The van der Waals surface area contributed by atoms with Crippen LogP contribution in [0.4, 0.5) is 0 Å². The maximum absolute atomic E-state index is 12.0. The summed E-state index contributed by atoms with van der Waals surface area (Å²) in [5.74, 6) is 2.88. The molecule has 9 nitrogen and oxygen atoms in total. The number of thioether (sulfide) groups is 1. The molecule has 0 fully saturated rings. The molecule has 1 aromatic carbocycles. The van der Waals surface area contributed by atoms with Crippen LogP contribution in [0.25, 0.3) is 0 Å². The van der Waals surface area contributed by atoms with Crippen LogP contribution in [0.3, 0.4) is 0 Å². The number of nitrogens with one attached hydrogen (secondary N) is 2. The van der Waals surface area contributed by atoms with Gasteiger partial charge in [-0.05, 0) is 81.0 Å². The highest BCUT2D eigenvalue weighted by molar-refractivity contribution is 7.98. The lowest BCUT2D eigenvalue weighted by molar-refractivity contribution is -0.118. The number of hydrogen-bond donors (Lipinski definition) is 2. The maximum Gasteiger partial charge on any atom is 0.243 e. The van der Waals surface area contributed by atoms with Crippen molar-refractivity contribution < 1.29 is 14.3 Å². The summed E-state index contributed by atoms with van der Waals surface area (Å²) < 4.78 is 13.0. The molecular formula is C24H38N6O3S. The first-order valence-corrected chi connectivity index (χ1v) is 12.8. The van der Waals surface area contributed by atoms with Crippen LogP contribution in [0.1, 0.15) is 45.5 Å². The van der Waals surface area contributed by atoms with Gasteiger partial charge in [-0.3, -0.25) is 4.79 Å². The Morgan fingerprint density at radius 3 is 2.71 bits per heavy atom. The minimum Gasteiger partial charge on any atom is -0.493 e. The maximum atomic E-state index is 12.0. The van der Waals surface area contributed by atoms with Crippen LogP contribution in [0.15, 0.2) is 30.9 Å². The zero-order chi connectivity index (χ0) is 25.2. The van der Waals surface area contributed by atoms with E-state index in [-0.39, 0.29) is 5.91 Å². The molecule has 1 unspecified atom stereocenters. The first-order chi connectivity index (χ1) is 16.2. The topological polar surface area (TPSA) is 103 Å². The molecule has 0 saturated carbocycles. The molecule has 1 amide bonds. The molecule has 34 heavy (non-hydrogen) atoms. The second-order valence-corrected chi connectivity index (χ2v) is 9.89. The lowest BCUT2D eigenvalue weighted by Crippen LogP contribution is -2.53. The molecule has 1 aromatic heterocycles. The predicted molar refractivity (Wildman–Crippen MR) is 136 cm³/mol. The molecule has 0 aliphatic carbocycles. The smallest absolute Gasteiger partial charge is 0.243 e. The lowest BCUT2D eigenvalue weighted by atomic mass is 9.84. The molecule has 0 aliphatic heterocycles. The van der Waals surface area contributed by atoms with E-state index in [1.54, 1.807) is 18.9 Å². The Morgan fingerprint density at radius 2 is 2.06 bits per heavy atom. The van der Waals surface area contributed by atoms with Crippen LogP contribution in [0.5, 0.6) is 11.5 Å². The second kappa shape index (κ2) is 12.8. The number of hydrogen-bond acceptors (Lipinski definition) is 8. The van der Waals surface area contributed by atoms with Crippen molar-refractivity contribution in [2.45, 2.75) is 58.2 Å². The molecular weight excluding hydrogens is 452 g/mol. The van der Waals surface area contributed by atoms with Crippen LogP contribution in [0, 0.1) is 0 Å². The highest BCUT2D eigenvalue weighted by atomic mass is 32.2. The Morgan fingerprint density at radius 1 is 1.29 bits per heavy atom. The molecule has 2 N–H and O–H groups in total. The summed E-state index contributed by atoms with van der Waals surface area (Å²) in [6.45, 7) is 13.5. The van der Waals surface area contributed by atoms with Crippen molar-refractivity contribution in [1.29, 1.82) is 0 Å². The van der Waals surface area contributed by atoms with Crippen molar-refractivity contribution in [1.82, 2.24) is 30.8 Å². The number of amides is 1. The standard InChI is InChI=1S/C24H38N6O3S/c1-8-21(31)26-23(3,4)17-24(5,22-27-28-29-30(22)14-15-34-7)25-13-12-18-10-11-19(33-9-2)20(16-18)32-6/h8,10-11,16,25H,1,9,12-15,17H2,2-7H3,(H,26,31). The number of ether oxygens (including phenoxy) is 2. The Labute approximate surface area is 207 Å². The minimum absolute atomic E-state index is 0.212. The molecule has 0 aliphatic rings. The van der Waals surface area contributed by atoms with E-state index in [2.05, 4.69) is 45.9 Å². The predicted octanol–water partition coefficient (Wildman–Crippen LogP) is 2.96. The van der Waals surface area contributed by atoms with Crippen LogP contribution in [-0.4, -0.2) is 63.9 Å². The summed E-state index contributed by atoms with van der Waals surface area (Å²) in [5, 5.41) is 19.2. The average Bonchev–Trinajstić information content (AvgIpc) is 3.27. The number of aromatic nitrogens is 4. The van der Waals surface area contributed by atoms with E-state index in [0.29, 0.717) is 26.1 Å². The normalized spacial score (nSPS) is 13.2. The van der Waals surface area contributed by atoms with Crippen molar-refractivity contribution in [2.75, 3.05) is 32.3 Å². The van der Waals surface area contributed by atoms with Gasteiger partial charge in [-0.1, -0.05) is 12.6 Å². The zero-order valence-corrected chi connectivity index (χ0v) is 22.0. The van der Waals surface area contributed by atoms with Gasteiger partial charge in [0.2, 0.25) is 5.91 Å². The van der Waals surface area contributed by atoms with Crippen LogP contribution < -0.4 is 20.1 Å². The monoisotopic (exact) mass is 490 g/mol. The Balaban J connectivity index is 2.24. The highest BCUT2D eigenvalue weighted by Gasteiger charge is 2.38. The van der Waals surface area contributed by atoms with Gasteiger partial charge in [0.15, 0.2) is 17.3 Å². The summed E-state index contributed by atoms with van der Waals surface area (Å²) in [5.41, 5.74) is 0.0114. The van der Waals surface area contributed by atoms with Gasteiger partial charge in [-0.15, -0.1) is 5.10 Å². The summed E-state index contributed by atoms with van der Waals surface area (Å²) >= 11 is 1.74. The van der Waals surface area contributed by atoms with Crippen molar-refractivity contribution in [2.24, 2.45) is 0 Å². The van der Waals surface area contributed by atoms with Crippen molar-refractivity contribution in [3.8, 4) is 11.5 Å². The van der Waals surface area contributed by atoms with Gasteiger partial charge in [0.25, 0.3) is 0 Å². The third-order valence-corrected chi connectivity index (χ3v) is 6.02. The number of carbonyl (C=O) groups is 1. The third-order valence-electron chi connectivity index (χ3n) is 5.43. The minimum atomic E-state index is -0.588. The number of methoxy groups -OCH3 is 1. The van der Waals surface area contributed by atoms with Gasteiger partial charge in [-0.25, -0.2) is 4.68 Å². The van der Waals surface area contributed by atoms with Crippen LogP contribution >= 0.6 is 11.8 Å². The average molecular weight is 491 g/mol. The molecule has 0 bridgehead atoms. The largest absolute Gasteiger partial charge is 0.493 e. The van der Waals surface area contributed by atoms with E-state index in [1.807, 2.05) is 43.7 Å². The molecule has 0 saturated heterocycles. The fourth-order valence-electron chi connectivity index (χ4n) is 4.09. The summed E-state index contributed by atoms with van der Waals surface area (Å²) in [4.78, 5) is 12.0. The zero-order valence-electron chi connectivity index (χ0n) is 21.2. The fraction of sp³-hybridized carbons (Fsp3) is 0.583.